The van der Waals surface area contributed by atoms with Crippen molar-refractivity contribution in [1.82, 2.24) is 15.3 Å². The van der Waals surface area contributed by atoms with E-state index >= 15 is 0 Å². The molecule has 0 bridgehead atoms. The number of H-pyrrole nitrogens is 1. The maximum absolute atomic E-state index is 14.2. The van der Waals surface area contributed by atoms with E-state index in [0.717, 1.165) is 5.69 Å². The molecule has 8 heteroatoms. The summed E-state index contributed by atoms with van der Waals surface area (Å²) in [5.74, 6) is -0.300. The van der Waals surface area contributed by atoms with Gasteiger partial charge in [-0.25, -0.2) is 14.2 Å². The van der Waals surface area contributed by atoms with Crippen LogP contribution in [0.5, 0.6) is 5.75 Å². The van der Waals surface area contributed by atoms with Gasteiger partial charge in [0.05, 0.1) is 30.8 Å². The van der Waals surface area contributed by atoms with Crippen molar-refractivity contribution in [3.8, 4) is 5.75 Å². The summed E-state index contributed by atoms with van der Waals surface area (Å²) in [7, 11) is 1.50. The fourth-order valence-corrected chi connectivity index (χ4v) is 2.34. The molecule has 2 aromatic rings. The van der Waals surface area contributed by atoms with Gasteiger partial charge in [-0.05, 0) is 6.07 Å². The van der Waals surface area contributed by atoms with E-state index in [4.69, 9.17) is 4.74 Å². The first kappa shape index (κ1) is 14.2. The first-order valence-corrected chi connectivity index (χ1v) is 6.84. The number of carbonyl (C=O) groups is 1. The van der Waals surface area contributed by atoms with Crippen LogP contribution in [-0.4, -0.2) is 36.2 Å². The Morgan fingerprint density at radius 3 is 3.14 bits per heavy atom. The van der Waals surface area contributed by atoms with Crippen LogP contribution in [0.2, 0.25) is 0 Å². The van der Waals surface area contributed by atoms with Crippen LogP contribution in [-0.2, 0) is 6.54 Å². The van der Waals surface area contributed by atoms with Gasteiger partial charge in [-0.15, -0.1) is 0 Å². The number of nitrogens with one attached hydrogen (secondary N) is 3. The highest BCUT2D eigenvalue weighted by Crippen LogP contribution is 2.37. The second-order valence-electron chi connectivity index (χ2n) is 4.86. The van der Waals surface area contributed by atoms with Gasteiger partial charge >= 0.3 is 6.03 Å². The summed E-state index contributed by atoms with van der Waals surface area (Å²) in [6, 6.07) is 2.54. The second kappa shape index (κ2) is 5.92. The highest BCUT2D eigenvalue weighted by molar-refractivity contribution is 5.90. The van der Waals surface area contributed by atoms with E-state index < -0.39 is 11.8 Å². The number of rotatable bonds is 3. The highest BCUT2D eigenvalue weighted by Gasteiger charge is 2.23. The van der Waals surface area contributed by atoms with Gasteiger partial charge in [0.25, 0.3) is 0 Å². The summed E-state index contributed by atoms with van der Waals surface area (Å²) in [6.45, 7) is 1.58. The number of aromatic amines is 1. The zero-order valence-electron chi connectivity index (χ0n) is 12.0. The van der Waals surface area contributed by atoms with Gasteiger partial charge in [0.1, 0.15) is 6.61 Å². The minimum Gasteiger partial charge on any atom is -0.486 e. The minimum atomic E-state index is -0.502. The van der Waals surface area contributed by atoms with Crippen LogP contribution >= 0.6 is 0 Å². The summed E-state index contributed by atoms with van der Waals surface area (Å²) in [6.07, 6.45) is 3.32. The number of aromatic nitrogens is 2. The molecule has 7 nitrogen and oxygen atoms in total. The first-order valence-electron chi connectivity index (χ1n) is 6.84. The number of halogens is 1. The van der Waals surface area contributed by atoms with E-state index in [1.807, 2.05) is 4.90 Å². The maximum Gasteiger partial charge on any atom is 0.318 e. The Morgan fingerprint density at radius 2 is 2.41 bits per heavy atom. The molecule has 0 radical (unpaired) electrons. The topological polar surface area (TPSA) is 82.3 Å². The normalized spacial score (nSPS) is 13.3. The predicted molar refractivity (Wildman–Crippen MR) is 79.6 cm³/mol. The molecule has 0 aliphatic carbocycles. The number of ether oxygens (including phenoxy) is 1. The molecule has 0 saturated heterocycles. The molecule has 0 fully saturated rings. The molecule has 1 aliphatic rings. The Morgan fingerprint density at radius 1 is 1.55 bits per heavy atom. The smallest absolute Gasteiger partial charge is 0.318 e. The molecule has 22 heavy (non-hydrogen) atoms. The molecule has 116 valence electrons. The Hall–Kier alpha value is -2.77. The lowest BCUT2D eigenvalue weighted by Crippen LogP contribution is -2.33. The number of amides is 2. The lowest BCUT2D eigenvalue weighted by Gasteiger charge is -2.31. The van der Waals surface area contributed by atoms with Crippen LogP contribution in [0.3, 0.4) is 0 Å². The Balaban J connectivity index is 1.91. The van der Waals surface area contributed by atoms with E-state index in [-0.39, 0.29) is 5.75 Å². The van der Waals surface area contributed by atoms with E-state index in [0.29, 0.717) is 31.1 Å². The van der Waals surface area contributed by atoms with Crippen molar-refractivity contribution in [2.75, 3.05) is 30.4 Å². The van der Waals surface area contributed by atoms with Crippen molar-refractivity contribution < 1.29 is 13.9 Å². The summed E-state index contributed by atoms with van der Waals surface area (Å²) in [5, 5.41) is 5.00. The monoisotopic (exact) mass is 305 g/mol. The summed E-state index contributed by atoms with van der Waals surface area (Å²) >= 11 is 0. The summed E-state index contributed by atoms with van der Waals surface area (Å²) in [4.78, 5) is 20.4. The van der Waals surface area contributed by atoms with Crippen LogP contribution < -0.4 is 20.3 Å². The van der Waals surface area contributed by atoms with Crippen LogP contribution in [0.25, 0.3) is 0 Å². The van der Waals surface area contributed by atoms with Crippen molar-refractivity contribution in [2.24, 2.45) is 0 Å². The zero-order chi connectivity index (χ0) is 15.5. The number of hydrogen-bond acceptors (Lipinski definition) is 4. The van der Waals surface area contributed by atoms with Gasteiger partial charge in [0.2, 0.25) is 0 Å². The molecule has 3 rings (SSSR count). The van der Waals surface area contributed by atoms with Crippen molar-refractivity contribution >= 4 is 17.4 Å². The van der Waals surface area contributed by atoms with Crippen molar-refractivity contribution in [3.63, 3.8) is 0 Å². The minimum absolute atomic E-state index is 0.202. The van der Waals surface area contributed by atoms with Gasteiger partial charge in [-0.1, -0.05) is 0 Å². The van der Waals surface area contributed by atoms with Gasteiger partial charge in [-0.3, -0.25) is 0 Å². The molecular weight excluding hydrogens is 289 g/mol. The SMILES string of the molecule is CNC(=O)Nc1cc(F)c2c(c1)N(Cc1cnc[nH]1)CCO2. The third kappa shape index (κ3) is 2.80. The molecule has 0 spiro atoms. The Labute approximate surface area is 126 Å². The number of benzene rings is 1. The van der Waals surface area contributed by atoms with Crippen LogP contribution in [0.4, 0.5) is 20.6 Å². The predicted octanol–water partition coefficient (Wildman–Crippen LogP) is 1.70. The zero-order valence-corrected chi connectivity index (χ0v) is 12.0. The second-order valence-corrected chi connectivity index (χ2v) is 4.86. The lowest BCUT2D eigenvalue weighted by molar-refractivity contribution is 0.254. The number of nitrogens with zero attached hydrogens (tertiary/aromatic N) is 2. The van der Waals surface area contributed by atoms with E-state index in [1.165, 1.54) is 13.1 Å². The lowest BCUT2D eigenvalue weighted by atomic mass is 10.2. The number of fused-ring (bicyclic) bond motifs is 1. The van der Waals surface area contributed by atoms with Crippen LogP contribution in [0.1, 0.15) is 5.69 Å². The van der Waals surface area contributed by atoms with Crippen molar-refractivity contribution in [2.45, 2.75) is 6.54 Å². The third-order valence-electron chi connectivity index (χ3n) is 3.37. The van der Waals surface area contributed by atoms with Crippen LogP contribution in [0, 0.1) is 5.82 Å². The molecular formula is C14H16FN5O2. The molecule has 0 atom stereocenters. The molecule has 1 aliphatic heterocycles. The number of imidazole rings is 1. The summed E-state index contributed by atoms with van der Waals surface area (Å²) < 4.78 is 19.6. The number of anilines is 2. The van der Waals surface area contributed by atoms with E-state index in [9.17, 15) is 9.18 Å². The maximum atomic E-state index is 14.2. The average Bonchev–Trinajstić information content (AvgIpc) is 3.01. The number of carbonyl (C=O) groups excluding carboxylic acids is 1. The molecule has 0 saturated carbocycles. The molecule has 2 heterocycles. The fraction of sp³-hybridized carbons (Fsp3) is 0.286. The number of urea groups is 1. The standard InChI is InChI=1S/C14H16FN5O2/c1-16-14(21)19-9-4-11(15)13-12(5-9)20(2-3-22-13)7-10-6-17-8-18-10/h4-6,8H,2-3,7H2,1H3,(H,17,18)(H2,16,19,21). The van der Waals surface area contributed by atoms with E-state index in [2.05, 4.69) is 20.6 Å². The van der Waals surface area contributed by atoms with Crippen molar-refractivity contribution in [1.29, 1.82) is 0 Å². The first-order chi connectivity index (χ1) is 10.7. The molecule has 3 N–H and O–H groups in total. The largest absolute Gasteiger partial charge is 0.486 e. The van der Waals surface area contributed by atoms with Gasteiger partial charge in [0, 0.05) is 25.0 Å². The van der Waals surface area contributed by atoms with Gasteiger partial charge < -0.3 is 25.3 Å². The third-order valence-corrected chi connectivity index (χ3v) is 3.37. The highest BCUT2D eigenvalue weighted by atomic mass is 19.1. The molecule has 2 amide bonds. The van der Waals surface area contributed by atoms with Crippen LogP contribution in [0.15, 0.2) is 24.7 Å². The Kier molecular flexibility index (Phi) is 3.82. The van der Waals surface area contributed by atoms with Gasteiger partial charge in [0.15, 0.2) is 11.6 Å². The number of hydrogen-bond donors (Lipinski definition) is 3. The molecule has 0 unspecified atom stereocenters. The van der Waals surface area contributed by atoms with Crippen molar-refractivity contribution in [3.05, 3.63) is 36.2 Å². The van der Waals surface area contributed by atoms with Gasteiger partial charge in [-0.2, -0.15) is 0 Å². The van der Waals surface area contributed by atoms with E-state index in [1.54, 1.807) is 18.6 Å². The average molecular weight is 305 g/mol. The summed E-state index contributed by atoms with van der Waals surface area (Å²) in [5.41, 5.74) is 1.89. The molecule has 1 aromatic heterocycles. The molecule has 1 aromatic carbocycles. The Bertz CT molecular complexity index is 674. The fourth-order valence-electron chi connectivity index (χ4n) is 2.34. The quantitative estimate of drug-likeness (QED) is 0.806.